The number of likely N-dealkylation sites (N-methyl/N-ethyl adjacent to an activating group) is 1. The van der Waals surface area contributed by atoms with E-state index in [1.54, 1.807) is 0 Å². The Kier molecular flexibility index (Phi) is 9.11. The van der Waals surface area contributed by atoms with Gasteiger partial charge >= 0.3 is 0 Å². The molecule has 2 atom stereocenters. The number of pyridine rings is 1. The summed E-state index contributed by atoms with van der Waals surface area (Å²) in [5.74, 6) is 2.85. The molecule has 11 nitrogen and oxygen atoms in total. The number of aryl methyl sites for hydroxylation is 1. The molecule has 0 bridgehead atoms. The van der Waals surface area contributed by atoms with Crippen LogP contribution < -0.4 is 25.6 Å². The summed E-state index contributed by atoms with van der Waals surface area (Å²) in [4.78, 5) is 27.0. The number of nitrogens with zero attached hydrogens (tertiary/aromatic N) is 4. The number of anilines is 2. The molecule has 3 aliphatic rings. The standard InChI is InChI=1S/C32H43N7O4/c1-3-38-9-11-39(12-10-38)31-16-23(15-30(37-31)36-25-5-4-6-25)32(41)34-18-28(40)27-14-22-7-8-26(13-24(22)17-33-27)42-19-29-21(2)35-20-43-29/h7-8,13,15-16,20,25,27-28,33,40H,3-6,9-12,14,17-19H2,1-2H3,(H,34,41)(H,36,37)/t27-,28?/m0/s1. The molecular formula is C32H43N7O4. The first-order chi connectivity index (χ1) is 20.9. The van der Waals surface area contributed by atoms with Crippen molar-refractivity contribution in [1.29, 1.82) is 0 Å². The van der Waals surface area contributed by atoms with Crippen molar-refractivity contribution >= 4 is 17.5 Å². The van der Waals surface area contributed by atoms with Gasteiger partial charge in [0.25, 0.3) is 5.91 Å². The summed E-state index contributed by atoms with van der Waals surface area (Å²) in [5.41, 5.74) is 3.68. The Hall–Kier alpha value is -3.67. The highest BCUT2D eigenvalue weighted by atomic mass is 16.5. The first-order valence-electron chi connectivity index (χ1n) is 15.5. The molecule has 2 aromatic heterocycles. The molecule has 0 radical (unpaired) electrons. The van der Waals surface area contributed by atoms with Crippen LogP contribution in [-0.4, -0.2) is 83.3 Å². The van der Waals surface area contributed by atoms with Crippen molar-refractivity contribution < 1.29 is 19.1 Å². The third kappa shape index (κ3) is 7.11. The summed E-state index contributed by atoms with van der Waals surface area (Å²) >= 11 is 0. The zero-order valence-corrected chi connectivity index (χ0v) is 25.1. The fraction of sp³-hybridized carbons (Fsp3) is 0.531. The maximum atomic E-state index is 13.3. The Bertz CT molecular complexity index is 1400. The molecule has 0 spiro atoms. The third-order valence-electron chi connectivity index (χ3n) is 9.00. The molecule has 1 saturated carbocycles. The Morgan fingerprint density at radius 1 is 1.19 bits per heavy atom. The van der Waals surface area contributed by atoms with Crippen molar-refractivity contribution in [3.05, 3.63) is 64.9 Å². The number of aliphatic hydroxyl groups excluding tert-OH is 1. The number of aliphatic hydroxyl groups is 1. The van der Waals surface area contributed by atoms with Crippen molar-refractivity contribution in [2.45, 2.75) is 70.9 Å². The van der Waals surface area contributed by atoms with Crippen LogP contribution in [0.5, 0.6) is 5.75 Å². The van der Waals surface area contributed by atoms with Gasteiger partial charge in [-0.05, 0) is 74.5 Å². The molecule has 1 unspecified atom stereocenters. The van der Waals surface area contributed by atoms with Crippen LogP contribution in [0.15, 0.2) is 41.1 Å². The highest BCUT2D eigenvalue weighted by molar-refractivity contribution is 5.95. The van der Waals surface area contributed by atoms with Crippen LogP contribution in [0.3, 0.4) is 0 Å². The summed E-state index contributed by atoms with van der Waals surface area (Å²) in [6.07, 6.45) is 4.82. The molecule has 43 heavy (non-hydrogen) atoms. The lowest BCUT2D eigenvalue weighted by molar-refractivity contribution is 0.0870. The molecule has 11 heteroatoms. The Balaban J connectivity index is 1.05. The minimum absolute atomic E-state index is 0.155. The average molecular weight is 590 g/mol. The fourth-order valence-corrected chi connectivity index (χ4v) is 5.87. The van der Waals surface area contributed by atoms with Gasteiger partial charge in [0, 0.05) is 56.9 Å². The lowest BCUT2D eigenvalue weighted by atomic mass is 9.92. The number of hydrogen-bond donors (Lipinski definition) is 4. The topological polar surface area (TPSA) is 128 Å². The first kappa shape index (κ1) is 29.4. The van der Waals surface area contributed by atoms with Gasteiger partial charge in [0.05, 0.1) is 11.8 Å². The molecule has 4 N–H and O–H groups in total. The van der Waals surface area contributed by atoms with Crippen molar-refractivity contribution in [3.8, 4) is 5.75 Å². The van der Waals surface area contributed by atoms with E-state index in [4.69, 9.17) is 14.1 Å². The molecule has 230 valence electrons. The van der Waals surface area contributed by atoms with Gasteiger partial charge in [-0.15, -0.1) is 0 Å². The van der Waals surface area contributed by atoms with Crippen molar-refractivity contribution in [3.63, 3.8) is 0 Å². The van der Waals surface area contributed by atoms with Gasteiger partial charge in [-0.3, -0.25) is 4.79 Å². The number of carbonyl (C=O) groups is 1. The quantitative estimate of drug-likeness (QED) is 0.265. The highest BCUT2D eigenvalue weighted by Crippen LogP contribution is 2.27. The van der Waals surface area contributed by atoms with Gasteiger partial charge in [-0.1, -0.05) is 13.0 Å². The number of benzene rings is 1. The highest BCUT2D eigenvalue weighted by Gasteiger charge is 2.26. The first-order valence-corrected chi connectivity index (χ1v) is 15.5. The van der Waals surface area contributed by atoms with Crippen LogP contribution in [0, 0.1) is 6.92 Å². The Morgan fingerprint density at radius 3 is 2.74 bits per heavy atom. The van der Waals surface area contributed by atoms with Crippen molar-refractivity contribution in [2.24, 2.45) is 0 Å². The summed E-state index contributed by atoms with van der Waals surface area (Å²) < 4.78 is 11.3. The van der Waals surface area contributed by atoms with E-state index < -0.39 is 6.10 Å². The number of fused-ring (bicyclic) bond motifs is 1. The number of carbonyl (C=O) groups excluding carboxylic acids is 1. The molecule has 1 amide bonds. The molecular weight excluding hydrogens is 546 g/mol. The Morgan fingerprint density at radius 2 is 2.02 bits per heavy atom. The normalized spacial score (nSPS) is 19.8. The van der Waals surface area contributed by atoms with Gasteiger partial charge in [0.2, 0.25) is 0 Å². The second kappa shape index (κ2) is 13.3. The summed E-state index contributed by atoms with van der Waals surface area (Å²) in [6, 6.07) is 9.98. The molecule has 2 aliphatic heterocycles. The van der Waals surface area contributed by atoms with E-state index in [2.05, 4.69) is 37.7 Å². The number of nitrogens with one attached hydrogen (secondary N) is 3. The van der Waals surface area contributed by atoms with Crippen LogP contribution in [0.1, 0.15) is 59.1 Å². The SMILES string of the molecule is CCN1CCN(c2cc(C(=O)NCC(O)[C@@H]3Cc4ccc(OCc5ocnc5C)cc4CN3)cc(NC3CCC3)n2)CC1. The van der Waals surface area contributed by atoms with E-state index >= 15 is 0 Å². The van der Waals surface area contributed by atoms with Crippen molar-refractivity contribution in [2.75, 3.05) is 49.5 Å². The molecule has 2 fully saturated rings. The van der Waals surface area contributed by atoms with Gasteiger partial charge in [0.15, 0.2) is 12.2 Å². The van der Waals surface area contributed by atoms with Gasteiger partial charge in [-0.25, -0.2) is 9.97 Å². The minimum atomic E-state index is -0.738. The number of piperazine rings is 1. The number of aromatic nitrogens is 2. The van der Waals surface area contributed by atoms with Gasteiger partial charge < -0.3 is 40.0 Å². The lowest BCUT2D eigenvalue weighted by Gasteiger charge is -2.35. The lowest BCUT2D eigenvalue weighted by Crippen LogP contribution is -2.49. The van der Waals surface area contributed by atoms with Crippen molar-refractivity contribution in [1.82, 2.24) is 25.5 Å². The summed E-state index contributed by atoms with van der Waals surface area (Å²) in [6.45, 7) is 9.95. The van der Waals surface area contributed by atoms with Crippen LogP contribution in [0.25, 0.3) is 0 Å². The minimum Gasteiger partial charge on any atom is -0.486 e. The third-order valence-corrected chi connectivity index (χ3v) is 9.00. The zero-order chi connectivity index (χ0) is 29.8. The summed E-state index contributed by atoms with van der Waals surface area (Å²) in [7, 11) is 0. The van der Waals surface area contributed by atoms with E-state index in [0.29, 0.717) is 36.9 Å². The molecule has 6 rings (SSSR count). The predicted molar refractivity (Wildman–Crippen MR) is 165 cm³/mol. The van der Waals surface area contributed by atoms with Gasteiger partial charge in [-0.2, -0.15) is 0 Å². The number of oxazole rings is 1. The smallest absolute Gasteiger partial charge is 0.251 e. The molecule has 1 aliphatic carbocycles. The van der Waals surface area contributed by atoms with E-state index in [0.717, 1.165) is 79.8 Å². The molecule has 1 aromatic carbocycles. The second-order valence-electron chi connectivity index (χ2n) is 11.8. The van der Waals surface area contributed by atoms with E-state index in [1.165, 1.54) is 12.8 Å². The predicted octanol–water partition coefficient (Wildman–Crippen LogP) is 2.87. The van der Waals surface area contributed by atoms with E-state index in [1.807, 2.05) is 37.3 Å². The maximum absolute atomic E-state index is 13.3. The number of hydrogen-bond acceptors (Lipinski definition) is 10. The fourth-order valence-electron chi connectivity index (χ4n) is 5.87. The van der Waals surface area contributed by atoms with E-state index in [9.17, 15) is 9.90 Å². The van der Waals surface area contributed by atoms with Crippen LogP contribution >= 0.6 is 0 Å². The second-order valence-corrected chi connectivity index (χ2v) is 11.8. The number of amides is 1. The van der Waals surface area contributed by atoms with E-state index in [-0.39, 0.29) is 18.5 Å². The maximum Gasteiger partial charge on any atom is 0.251 e. The molecule has 4 heterocycles. The monoisotopic (exact) mass is 589 g/mol. The number of ether oxygens (including phenoxy) is 1. The zero-order valence-electron chi connectivity index (χ0n) is 25.1. The van der Waals surface area contributed by atoms with Gasteiger partial charge in [0.1, 0.15) is 24.0 Å². The number of rotatable bonds is 11. The molecule has 1 saturated heterocycles. The molecule has 3 aromatic rings. The Labute approximate surface area is 253 Å². The van der Waals surface area contributed by atoms with Crippen LogP contribution in [-0.2, 0) is 19.6 Å². The average Bonchev–Trinajstić information content (AvgIpc) is 3.44. The van der Waals surface area contributed by atoms with Crippen LogP contribution in [0.2, 0.25) is 0 Å². The largest absolute Gasteiger partial charge is 0.486 e. The summed E-state index contributed by atoms with van der Waals surface area (Å²) in [5, 5.41) is 21.0. The van der Waals surface area contributed by atoms with Crippen LogP contribution in [0.4, 0.5) is 11.6 Å².